The molecule has 2 bridgehead atoms. The fourth-order valence-electron chi connectivity index (χ4n) is 5.69. The molecule has 3 aromatic rings. The van der Waals surface area contributed by atoms with Crippen LogP contribution < -0.4 is 9.47 Å². The van der Waals surface area contributed by atoms with Gasteiger partial charge in [-0.25, -0.2) is 9.59 Å². The molecule has 5 rings (SSSR count). The first-order valence-electron chi connectivity index (χ1n) is 12.6. The van der Waals surface area contributed by atoms with E-state index in [0.717, 1.165) is 30.4 Å². The normalized spacial score (nSPS) is 18.1. The molecule has 2 aliphatic rings. The van der Waals surface area contributed by atoms with E-state index in [0.29, 0.717) is 34.5 Å². The molecule has 2 atom stereocenters. The SMILES string of the molecule is CC(C)c1ccccc1C(=O)Oc1cc2c(cc1OC(=O)c1ccccc1C(C)C)C1CCC2C1. The smallest absolute Gasteiger partial charge is 0.343 e. The first kappa shape index (κ1) is 23.3. The van der Waals surface area contributed by atoms with E-state index >= 15 is 0 Å². The van der Waals surface area contributed by atoms with Crippen LogP contribution in [0.3, 0.4) is 0 Å². The van der Waals surface area contributed by atoms with E-state index in [-0.39, 0.29) is 11.8 Å². The summed E-state index contributed by atoms with van der Waals surface area (Å²) in [5.74, 6) is 1.10. The molecule has 1 fully saturated rings. The average Bonchev–Trinajstić information content (AvgIpc) is 3.46. The van der Waals surface area contributed by atoms with Gasteiger partial charge in [-0.15, -0.1) is 0 Å². The lowest BCUT2D eigenvalue weighted by Crippen LogP contribution is -2.16. The van der Waals surface area contributed by atoms with Gasteiger partial charge in [0.05, 0.1) is 11.1 Å². The van der Waals surface area contributed by atoms with Crippen LogP contribution >= 0.6 is 0 Å². The van der Waals surface area contributed by atoms with Gasteiger partial charge in [0.1, 0.15) is 0 Å². The van der Waals surface area contributed by atoms with Crippen molar-refractivity contribution in [2.75, 3.05) is 0 Å². The summed E-state index contributed by atoms with van der Waals surface area (Å²) < 4.78 is 11.9. The van der Waals surface area contributed by atoms with Crippen molar-refractivity contribution in [1.29, 1.82) is 0 Å². The first-order chi connectivity index (χ1) is 16.8. The maximum absolute atomic E-state index is 13.3. The predicted octanol–water partition coefficient (Wildman–Crippen LogP) is 7.74. The number of carbonyl (C=O) groups is 2. The van der Waals surface area contributed by atoms with Gasteiger partial charge in [-0.1, -0.05) is 64.1 Å². The number of hydrogen-bond donors (Lipinski definition) is 0. The predicted molar refractivity (Wildman–Crippen MR) is 137 cm³/mol. The van der Waals surface area contributed by atoms with E-state index in [1.807, 2.05) is 48.5 Å². The molecule has 0 aromatic heterocycles. The average molecular weight is 469 g/mol. The summed E-state index contributed by atoms with van der Waals surface area (Å²) in [6.45, 7) is 8.21. The van der Waals surface area contributed by atoms with E-state index in [1.54, 1.807) is 12.1 Å². The minimum absolute atomic E-state index is 0.180. The molecule has 2 aliphatic carbocycles. The summed E-state index contributed by atoms with van der Waals surface area (Å²) in [7, 11) is 0. The molecule has 2 unspecified atom stereocenters. The van der Waals surface area contributed by atoms with Crippen LogP contribution in [-0.4, -0.2) is 11.9 Å². The molecule has 180 valence electrons. The second-order valence-electron chi connectivity index (χ2n) is 10.4. The maximum Gasteiger partial charge on any atom is 0.343 e. The van der Waals surface area contributed by atoms with Gasteiger partial charge in [0.25, 0.3) is 0 Å². The van der Waals surface area contributed by atoms with Gasteiger partial charge >= 0.3 is 11.9 Å². The molecule has 0 aliphatic heterocycles. The lowest BCUT2D eigenvalue weighted by atomic mass is 9.91. The molecular weight excluding hydrogens is 436 g/mol. The van der Waals surface area contributed by atoms with Crippen molar-refractivity contribution >= 4 is 11.9 Å². The Bertz CT molecular complexity index is 1190. The summed E-state index contributed by atoms with van der Waals surface area (Å²) in [5, 5.41) is 0. The Labute approximate surface area is 207 Å². The van der Waals surface area contributed by atoms with Crippen molar-refractivity contribution < 1.29 is 19.1 Å². The Kier molecular flexibility index (Phi) is 6.22. The number of benzene rings is 3. The van der Waals surface area contributed by atoms with Crippen molar-refractivity contribution in [2.45, 2.75) is 70.6 Å². The van der Waals surface area contributed by atoms with Gasteiger partial charge < -0.3 is 9.47 Å². The molecule has 3 aromatic carbocycles. The standard InChI is InChI=1S/C31H32O4/c1-18(2)22-9-5-7-11-24(22)30(32)34-28-16-26-20-13-14-21(15-20)27(26)17-29(28)35-31(33)25-12-8-6-10-23(25)19(3)4/h5-12,16-21H,13-15H2,1-4H3. The van der Waals surface area contributed by atoms with Crippen molar-refractivity contribution in [3.05, 3.63) is 94.0 Å². The van der Waals surface area contributed by atoms with Gasteiger partial charge in [-0.3, -0.25) is 0 Å². The molecule has 1 saturated carbocycles. The summed E-state index contributed by atoms with van der Waals surface area (Å²) >= 11 is 0. The minimum Gasteiger partial charge on any atom is -0.419 e. The Balaban J connectivity index is 1.51. The third kappa shape index (κ3) is 4.38. The van der Waals surface area contributed by atoms with Crippen molar-refractivity contribution in [3.8, 4) is 11.5 Å². The number of hydrogen-bond acceptors (Lipinski definition) is 4. The fraction of sp³-hybridized carbons (Fsp3) is 0.355. The topological polar surface area (TPSA) is 52.6 Å². The van der Waals surface area contributed by atoms with Crippen LogP contribution in [0.4, 0.5) is 0 Å². The lowest BCUT2D eigenvalue weighted by molar-refractivity contribution is 0.0680. The second-order valence-corrected chi connectivity index (χ2v) is 10.4. The molecule has 0 amide bonds. The molecule has 0 N–H and O–H groups in total. The third-order valence-electron chi connectivity index (χ3n) is 7.47. The van der Waals surface area contributed by atoms with Crippen LogP contribution in [0.25, 0.3) is 0 Å². The Hall–Kier alpha value is -3.40. The number of esters is 2. The van der Waals surface area contributed by atoms with Crippen molar-refractivity contribution in [1.82, 2.24) is 0 Å². The molecule has 4 nitrogen and oxygen atoms in total. The van der Waals surface area contributed by atoms with Gasteiger partial charge in [0.15, 0.2) is 11.5 Å². The summed E-state index contributed by atoms with van der Waals surface area (Å²) in [4.78, 5) is 26.6. The van der Waals surface area contributed by atoms with E-state index in [9.17, 15) is 9.59 Å². The number of carbonyl (C=O) groups excluding carboxylic acids is 2. The lowest BCUT2D eigenvalue weighted by Gasteiger charge is -2.20. The van der Waals surface area contributed by atoms with E-state index in [4.69, 9.17) is 9.47 Å². The van der Waals surface area contributed by atoms with Crippen LogP contribution in [0.15, 0.2) is 60.7 Å². The second kappa shape index (κ2) is 9.33. The van der Waals surface area contributed by atoms with Crippen LogP contribution in [-0.2, 0) is 0 Å². The Morgan fingerprint density at radius 2 is 1.09 bits per heavy atom. The molecule has 0 heterocycles. The van der Waals surface area contributed by atoms with E-state index in [2.05, 4.69) is 27.7 Å². The summed E-state index contributed by atoms with van der Waals surface area (Å²) in [5.41, 5.74) is 5.38. The number of ether oxygens (including phenoxy) is 2. The number of fused-ring (bicyclic) bond motifs is 5. The fourth-order valence-corrected chi connectivity index (χ4v) is 5.69. The number of rotatable bonds is 6. The highest BCUT2D eigenvalue weighted by molar-refractivity contribution is 5.95. The van der Waals surface area contributed by atoms with Crippen molar-refractivity contribution in [3.63, 3.8) is 0 Å². The Morgan fingerprint density at radius 1 is 0.686 bits per heavy atom. The largest absolute Gasteiger partial charge is 0.419 e. The third-order valence-corrected chi connectivity index (χ3v) is 7.47. The Morgan fingerprint density at radius 3 is 1.49 bits per heavy atom. The maximum atomic E-state index is 13.3. The van der Waals surface area contributed by atoms with Gasteiger partial charge in [0.2, 0.25) is 0 Å². The molecule has 35 heavy (non-hydrogen) atoms. The monoisotopic (exact) mass is 468 g/mol. The van der Waals surface area contributed by atoms with Gasteiger partial charge in [0, 0.05) is 0 Å². The van der Waals surface area contributed by atoms with E-state index in [1.165, 1.54) is 11.1 Å². The highest BCUT2D eigenvalue weighted by atomic mass is 16.6. The van der Waals surface area contributed by atoms with Crippen LogP contribution in [0.1, 0.15) is 114 Å². The van der Waals surface area contributed by atoms with E-state index < -0.39 is 11.9 Å². The zero-order chi connectivity index (χ0) is 24.7. The first-order valence-corrected chi connectivity index (χ1v) is 12.6. The quantitative estimate of drug-likeness (QED) is 0.274. The highest BCUT2D eigenvalue weighted by Gasteiger charge is 2.38. The molecule has 0 saturated heterocycles. The minimum atomic E-state index is -0.433. The van der Waals surface area contributed by atoms with Crippen LogP contribution in [0.2, 0.25) is 0 Å². The summed E-state index contributed by atoms with van der Waals surface area (Å²) in [6.07, 6.45) is 3.43. The van der Waals surface area contributed by atoms with Crippen LogP contribution in [0.5, 0.6) is 11.5 Å². The molecule has 0 spiro atoms. The van der Waals surface area contributed by atoms with Gasteiger partial charge in [-0.05, 0) is 89.5 Å². The zero-order valence-electron chi connectivity index (χ0n) is 20.8. The zero-order valence-corrected chi connectivity index (χ0v) is 20.8. The molecule has 4 heteroatoms. The summed E-state index contributed by atoms with van der Waals surface area (Å²) in [6, 6.07) is 18.9. The van der Waals surface area contributed by atoms with Crippen LogP contribution in [0, 0.1) is 0 Å². The molecule has 0 radical (unpaired) electrons. The highest BCUT2D eigenvalue weighted by Crippen LogP contribution is 2.55. The van der Waals surface area contributed by atoms with Crippen molar-refractivity contribution in [2.24, 2.45) is 0 Å². The van der Waals surface area contributed by atoms with Gasteiger partial charge in [-0.2, -0.15) is 0 Å². The molecular formula is C31H32O4.